The molecule has 0 saturated heterocycles. The number of benzene rings is 3. The Bertz CT molecular complexity index is 1320. The number of nitro groups is 2. The molecule has 1 amide bonds. The van der Waals surface area contributed by atoms with Crippen LogP contribution in [0.3, 0.4) is 0 Å². The number of nitro benzene ring substituents is 2. The molecule has 186 valence electrons. The third-order valence-corrected chi connectivity index (χ3v) is 4.99. The molecule has 0 aliphatic carbocycles. The number of nitrogens with one attached hydrogen (secondary N) is 1. The van der Waals surface area contributed by atoms with Gasteiger partial charge in [-0.3, -0.25) is 25.0 Å². The minimum Gasteiger partial charge on any atom is -0.483 e. The molecule has 0 heterocycles. The van der Waals surface area contributed by atoms with Gasteiger partial charge in [0.05, 0.1) is 22.1 Å². The van der Waals surface area contributed by atoms with Gasteiger partial charge in [0.2, 0.25) is 5.75 Å². The Labute approximate surface area is 206 Å². The number of carbonyl (C=O) groups is 1. The molecule has 11 nitrogen and oxygen atoms in total. The van der Waals surface area contributed by atoms with E-state index in [1.807, 2.05) is 39.0 Å². The Morgan fingerprint density at radius 1 is 1.03 bits per heavy atom. The first-order valence-corrected chi connectivity index (χ1v) is 10.9. The summed E-state index contributed by atoms with van der Waals surface area (Å²) in [5.74, 6) is 0.530. The third kappa shape index (κ3) is 6.86. The van der Waals surface area contributed by atoms with Crippen LogP contribution in [0.25, 0.3) is 0 Å². The van der Waals surface area contributed by atoms with Gasteiger partial charge in [0, 0.05) is 6.07 Å². The van der Waals surface area contributed by atoms with Crippen molar-refractivity contribution in [3.63, 3.8) is 0 Å². The summed E-state index contributed by atoms with van der Waals surface area (Å²) in [6, 6.07) is 15.4. The minimum atomic E-state index is -0.758. The van der Waals surface area contributed by atoms with E-state index in [0.29, 0.717) is 11.3 Å². The summed E-state index contributed by atoms with van der Waals surface area (Å²) < 4.78 is 11.2. The van der Waals surface area contributed by atoms with E-state index >= 15 is 0 Å². The number of hydrazone groups is 1. The topological polar surface area (TPSA) is 146 Å². The van der Waals surface area contributed by atoms with Gasteiger partial charge in [-0.1, -0.05) is 38.1 Å². The average molecular weight is 492 g/mol. The fourth-order valence-electron chi connectivity index (χ4n) is 3.23. The summed E-state index contributed by atoms with van der Waals surface area (Å²) in [5.41, 5.74) is 3.99. The van der Waals surface area contributed by atoms with Gasteiger partial charge in [0.25, 0.3) is 11.6 Å². The molecule has 0 radical (unpaired) electrons. The SMILES string of the molecule is Cc1ccc(C(C)C)c(OCC(=O)N/N=C\c2cccc(Oc3ccc([N+](=O)[O-])cc3[N+](=O)[O-])c2)c1. The van der Waals surface area contributed by atoms with Crippen LogP contribution in [0.1, 0.15) is 36.5 Å². The normalized spacial score (nSPS) is 10.9. The smallest absolute Gasteiger partial charge is 0.318 e. The standard InChI is InChI=1S/C25H24N4O7/c1-16(2)21-9-7-17(3)11-24(21)35-15-25(30)27-26-14-18-5-4-6-20(12-18)36-23-10-8-19(28(31)32)13-22(23)29(33)34/h4-14,16H,15H2,1-3H3,(H,27,30)/b26-14-. The Balaban J connectivity index is 1.63. The summed E-state index contributed by atoms with van der Waals surface area (Å²) in [6.45, 7) is 5.81. The fourth-order valence-corrected chi connectivity index (χ4v) is 3.23. The molecular formula is C25H24N4O7. The number of nitrogens with zero attached hydrogens (tertiary/aromatic N) is 3. The molecule has 36 heavy (non-hydrogen) atoms. The Kier molecular flexibility index (Phi) is 8.29. The lowest BCUT2D eigenvalue weighted by Crippen LogP contribution is -2.25. The van der Waals surface area contributed by atoms with Gasteiger partial charge in [0.15, 0.2) is 6.61 Å². The van der Waals surface area contributed by atoms with Crippen molar-refractivity contribution in [2.45, 2.75) is 26.7 Å². The molecule has 3 rings (SSSR count). The van der Waals surface area contributed by atoms with Crippen LogP contribution >= 0.6 is 0 Å². The number of rotatable bonds is 10. The van der Waals surface area contributed by atoms with Crippen LogP contribution in [-0.4, -0.2) is 28.6 Å². The monoisotopic (exact) mass is 492 g/mol. The van der Waals surface area contributed by atoms with E-state index in [0.717, 1.165) is 29.3 Å². The van der Waals surface area contributed by atoms with Crippen LogP contribution in [0.15, 0.2) is 65.8 Å². The number of carbonyl (C=O) groups excluding carboxylic acids is 1. The van der Waals surface area contributed by atoms with Crippen molar-refractivity contribution in [3.05, 3.63) is 97.6 Å². The summed E-state index contributed by atoms with van der Waals surface area (Å²) in [4.78, 5) is 32.9. The lowest BCUT2D eigenvalue weighted by molar-refractivity contribution is -0.394. The second-order valence-electron chi connectivity index (χ2n) is 8.12. The van der Waals surface area contributed by atoms with Crippen molar-refractivity contribution >= 4 is 23.5 Å². The van der Waals surface area contributed by atoms with Crippen LogP contribution in [0, 0.1) is 27.2 Å². The molecule has 0 atom stereocenters. The van der Waals surface area contributed by atoms with E-state index in [1.165, 1.54) is 6.21 Å². The van der Waals surface area contributed by atoms with Crippen LogP contribution in [0.4, 0.5) is 11.4 Å². The van der Waals surface area contributed by atoms with E-state index in [2.05, 4.69) is 10.5 Å². The molecule has 0 spiro atoms. The van der Waals surface area contributed by atoms with E-state index in [4.69, 9.17) is 9.47 Å². The van der Waals surface area contributed by atoms with Crippen molar-refractivity contribution in [3.8, 4) is 17.2 Å². The van der Waals surface area contributed by atoms with Crippen molar-refractivity contribution in [1.82, 2.24) is 5.43 Å². The highest BCUT2D eigenvalue weighted by molar-refractivity contribution is 5.83. The maximum absolute atomic E-state index is 12.2. The van der Waals surface area contributed by atoms with E-state index in [-0.39, 0.29) is 24.0 Å². The lowest BCUT2D eigenvalue weighted by Gasteiger charge is -2.14. The zero-order valence-corrected chi connectivity index (χ0v) is 19.8. The largest absolute Gasteiger partial charge is 0.483 e. The zero-order chi connectivity index (χ0) is 26.2. The highest BCUT2D eigenvalue weighted by Crippen LogP contribution is 2.34. The molecular weight excluding hydrogens is 468 g/mol. The molecule has 0 bridgehead atoms. The molecule has 0 fully saturated rings. The van der Waals surface area contributed by atoms with Gasteiger partial charge in [-0.15, -0.1) is 0 Å². The molecule has 0 aromatic heterocycles. The second-order valence-corrected chi connectivity index (χ2v) is 8.12. The van der Waals surface area contributed by atoms with Gasteiger partial charge < -0.3 is 9.47 Å². The number of amides is 1. The Morgan fingerprint density at radius 3 is 2.50 bits per heavy atom. The molecule has 0 aliphatic rings. The van der Waals surface area contributed by atoms with Crippen molar-refractivity contribution < 1.29 is 24.1 Å². The van der Waals surface area contributed by atoms with Crippen LogP contribution < -0.4 is 14.9 Å². The molecule has 0 aliphatic heterocycles. The molecule has 0 unspecified atom stereocenters. The first-order chi connectivity index (χ1) is 17.1. The van der Waals surface area contributed by atoms with Gasteiger partial charge in [-0.25, -0.2) is 5.43 Å². The second kappa shape index (κ2) is 11.6. The first kappa shape index (κ1) is 25.8. The van der Waals surface area contributed by atoms with Gasteiger partial charge in [-0.2, -0.15) is 5.10 Å². The maximum Gasteiger partial charge on any atom is 0.318 e. The van der Waals surface area contributed by atoms with Crippen molar-refractivity contribution in [2.75, 3.05) is 6.61 Å². The highest BCUT2D eigenvalue weighted by atomic mass is 16.6. The third-order valence-electron chi connectivity index (χ3n) is 4.99. The van der Waals surface area contributed by atoms with E-state index < -0.39 is 27.1 Å². The fraction of sp³-hybridized carbons (Fsp3) is 0.200. The predicted molar refractivity (Wildman–Crippen MR) is 133 cm³/mol. The summed E-state index contributed by atoms with van der Waals surface area (Å²) in [5, 5.41) is 26.1. The number of non-ortho nitro benzene ring substituents is 1. The number of hydrogen-bond acceptors (Lipinski definition) is 8. The first-order valence-electron chi connectivity index (χ1n) is 10.9. The predicted octanol–water partition coefficient (Wildman–Crippen LogP) is 5.26. The quantitative estimate of drug-likeness (QED) is 0.231. The summed E-state index contributed by atoms with van der Waals surface area (Å²) >= 11 is 0. The maximum atomic E-state index is 12.2. The molecule has 3 aromatic carbocycles. The number of aryl methyl sites for hydroxylation is 1. The minimum absolute atomic E-state index is 0.151. The van der Waals surface area contributed by atoms with E-state index in [1.54, 1.807) is 24.3 Å². The van der Waals surface area contributed by atoms with Crippen molar-refractivity contribution in [2.24, 2.45) is 5.10 Å². The Hall–Kier alpha value is -4.80. The average Bonchev–Trinajstić information content (AvgIpc) is 2.83. The van der Waals surface area contributed by atoms with Crippen LogP contribution in [-0.2, 0) is 4.79 Å². The number of ether oxygens (including phenoxy) is 2. The molecule has 11 heteroatoms. The van der Waals surface area contributed by atoms with Crippen LogP contribution in [0.2, 0.25) is 0 Å². The number of hydrogen-bond donors (Lipinski definition) is 1. The van der Waals surface area contributed by atoms with Crippen LogP contribution in [0.5, 0.6) is 17.2 Å². The zero-order valence-electron chi connectivity index (χ0n) is 19.8. The van der Waals surface area contributed by atoms with E-state index in [9.17, 15) is 25.0 Å². The highest BCUT2D eigenvalue weighted by Gasteiger charge is 2.21. The molecule has 0 saturated carbocycles. The summed E-state index contributed by atoms with van der Waals surface area (Å²) in [6.07, 6.45) is 1.38. The molecule has 3 aromatic rings. The van der Waals surface area contributed by atoms with Crippen molar-refractivity contribution in [1.29, 1.82) is 0 Å². The molecule has 1 N–H and O–H groups in total. The van der Waals surface area contributed by atoms with Gasteiger partial charge in [-0.05, 0) is 53.8 Å². The summed E-state index contributed by atoms with van der Waals surface area (Å²) in [7, 11) is 0. The Morgan fingerprint density at radius 2 is 1.81 bits per heavy atom. The van der Waals surface area contributed by atoms with Gasteiger partial charge >= 0.3 is 5.69 Å². The van der Waals surface area contributed by atoms with Gasteiger partial charge in [0.1, 0.15) is 11.5 Å². The lowest BCUT2D eigenvalue weighted by atomic mass is 10.0.